The second-order valence-corrected chi connectivity index (χ2v) is 3.75. The Morgan fingerprint density at radius 1 is 1.21 bits per heavy atom. The van der Waals surface area contributed by atoms with Crippen LogP contribution in [-0.4, -0.2) is 15.1 Å². The minimum absolute atomic E-state index is 0.130. The minimum atomic E-state index is -1.38. The fourth-order valence-corrected chi connectivity index (χ4v) is 1.55. The van der Waals surface area contributed by atoms with E-state index < -0.39 is 22.2 Å². The SMILES string of the molecule is O=c1ccoc(C(O)c2ccc([N+](=O)[O-])cc2)c1O. The fourth-order valence-electron chi connectivity index (χ4n) is 1.55. The van der Waals surface area contributed by atoms with Crippen LogP contribution in [0.1, 0.15) is 17.4 Å². The number of hydrogen-bond acceptors (Lipinski definition) is 6. The molecule has 0 saturated carbocycles. The summed E-state index contributed by atoms with van der Waals surface area (Å²) >= 11 is 0. The number of rotatable bonds is 3. The molecule has 0 aliphatic heterocycles. The van der Waals surface area contributed by atoms with Gasteiger partial charge in [0.1, 0.15) is 6.10 Å². The highest BCUT2D eigenvalue weighted by atomic mass is 16.6. The zero-order valence-electron chi connectivity index (χ0n) is 9.52. The number of aliphatic hydroxyl groups is 1. The molecule has 7 heteroatoms. The number of nitrogens with zero attached hydrogens (tertiary/aromatic N) is 1. The monoisotopic (exact) mass is 263 g/mol. The molecule has 0 fully saturated rings. The van der Waals surface area contributed by atoms with Crippen molar-refractivity contribution in [3.63, 3.8) is 0 Å². The van der Waals surface area contributed by atoms with E-state index in [1.165, 1.54) is 24.3 Å². The van der Waals surface area contributed by atoms with E-state index >= 15 is 0 Å². The predicted octanol–water partition coefficient (Wildman–Crippen LogP) is 1.34. The summed E-state index contributed by atoms with van der Waals surface area (Å²) in [6.07, 6.45) is -0.332. The lowest BCUT2D eigenvalue weighted by atomic mass is 10.1. The molecule has 1 aromatic heterocycles. The van der Waals surface area contributed by atoms with Crippen molar-refractivity contribution in [1.82, 2.24) is 0 Å². The van der Waals surface area contributed by atoms with Crippen LogP contribution in [0, 0.1) is 10.1 Å². The minimum Gasteiger partial charge on any atom is -0.502 e. The maximum absolute atomic E-state index is 11.2. The van der Waals surface area contributed by atoms with Gasteiger partial charge in [0.15, 0.2) is 5.76 Å². The number of hydrogen-bond donors (Lipinski definition) is 2. The first kappa shape index (κ1) is 12.8. The van der Waals surface area contributed by atoms with Crippen LogP contribution < -0.4 is 5.43 Å². The Morgan fingerprint density at radius 3 is 2.42 bits per heavy atom. The van der Waals surface area contributed by atoms with Gasteiger partial charge < -0.3 is 14.6 Å². The van der Waals surface area contributed by atoms with E-state index in [4.69, 9.17) is 4.42 Å². The lowest BCUT2D eigenvalue weighted by Gasteiger charge is -2.10. The molecule has 0 amide bonds. The zero-order valence-corrected chi connectivity index (χ0v) is 9.52. The Bertz CT molecular complexity index is 661. The summed E-state index contributed by atoms with van der Waals surface area (Å²) in [6, 6.07) is 6.05. The second kappa shape index (κ2) is 4.91. The van der Waals surface area contributed by atoms with Crippen molar-refractivity contribution in [1.29, 1.82) is 0 Å². The van der Waals surface area contributed by atoms with Gasteiger partial charge in [-0.25, -0.2) is 0 Å². The standard InChI is InChI=1S/C12H9NO6/c14-9-5-6-19-12(11(9)16)10(15)7-1-3-8(4-2-7)13(17)18/h1-6,10,15-16H. The lowest BCUT2D eigenvalue weighted by Crippen LogP contribution is -2.06. The quantitative estimate of drug-likeness (QED) is 0.637. The molecular weight excluding hydrogens is 254 g/mol. The Morgan fingerprint density at radius 2 is 1.84 bits per heavy atom. The Labute approximate surface area is 106 Å². The van der Waals surface area contributed by atoms with Gasteiger partial charge in [0.25, 0.3) is 5.69 Å². The van der Waals surface area contributed by atoms with Crippen molar-refractivity contribution in [3.8, 4) is 5.75 Å². The van der Waals surface area contributed by atoms with Crippen LogP contribution >= 0.6 is 0 Å². The van der Waals surface area contributed by atoms with Crippen molar-refractivity contribution in [2.75, 3.05) is 0 Å². The largest absolute Gasteiger partial charge is 0.502 e. The summed E-state index contributed by atoms with van der Waals surface area (Å²) in [6.45, 7) is 0. The highest BCUT2D eigenvalue weighted by molar-refractivity contribution is 5.38. The third kappa shape index (κ3) is 2.45. The molecule has 0 radical (unpaired) electrons. The molecule has 0 spiro atoms. The maximum atomic E-state index is 11.2. The van der Waals surface area contributed by atoms with Crippen LogP contribution in [0.15, 0.2) is 45.8 Å². The van der Waals surface area contributed by atoms with Gasteiger partial charge in [0.05, 0.1) is 11.2 Å². The van der Waals surface area contributed by atoms with Crippen LogP contribution in [-0.2, 0) is 0 Å². The van der Waals surface area contributed by atoms with Gasteiger partial charge in [-0.2, -0.15) is 0 Å². The molecule has 0 aliphatic carbocycles. The molecule has 98 valence electrons. The van der Waals surface area contributed by atoms with Gasteiger partial charge in [-0.05, 0) is 17.7 Å². The van der Waals surface area contributed by atoms with E-state index in [0.717, 1.165) is 12.3 Å². The van der Waals surface area contributed by atoms with Gasteiger partial charge in [-0.15, -0.1) is 0 Å². The van der Waals surface area contributed by atoms with Crippen LogP contribution in [0.3, 0.4) is 0 Å². The molecule has 0 bridgehead atoms. The van der Waals surface area contributed by atoms with E-state index in [0.29, 0.717) is 0 Å². The van der Waals surface area contributed by atoms with Crippen molar-refractivity contribution < 1.29 is 19.6 Å². The van der Waals surface area contributed by atoms with Gasteiger partial charge in [0, 0.05) is 18.2 Å². The van der Waals surface area contributed by atoms with E-state index in [1.807, 2.05) is 0 Å². The number of nitro groups is 1. The third-order valence-corrected chi connectivity index (χ3v) is 2.55. The van der Waals surface area contributed by atoms with Crippen LogP contribution in [0.4, 0.5) is 5.69 Å². The molecule has 2 aromatic rings. The second-order valence-electron chi connectivity index (χ2n) is 3.75. The van der Waals surface area contributed by atoms with Crippen molar-refractivity contribution >= 4 is 5.69 Å². The number of benzene rings is 1. The first-order valence-electron chi connectivity index (χ1n) is 5.24. The van der Waals surface area contributed by atoms with Crippen molar-refractivity contribution in [2.45, 2.75) is 6.10 Å². The van der Waals surface area contributed by atoms with Crippen molar-refractivity contribution in [3.05, 3.63) is 68.3 Å². The topological polar surface area (TPSA) is 114 Å². The molecule has 1 atom stereocenters. The van der Waals surface area contributed by atoms with Crippen LogP contribution in [0.2, 0.25) is 0 Å². The summed E-state index contributed by atoms with van der Waals surface area (Å²) in [4.78, 5) is 21.1. The maximum Gasteiger partial charge on any atom is 0.269 e. The van der Waals surface area contributed by atoms with E-state index in [-0.39, 0.29) is 17.0 Å². The molecule has 1 unspecified atom stereocenters. The molecular formula is C12H9NO6. The molecule has 0 aliphatic rings. The van der Waals surface area contributed by atoms with E-state index in [2.05, 4.69) is 0 Å². The number of aromatic hydroxyl groups is 1. The van der Waals surface area contributed by atoms with E-state index in [1.54, 1.807) is 0 Å². The van der Waals surface area contributed by atoms with Gasteiger partial charge in [-0.1, -0.05) is 0 Å². The van der Waals surface area contributed by atoms with Gasteiger partial charge in [-0.3, -0.25) is 14.9 Å². The van der Waals surface area contributed by atoms with Gasteiger partial charge in [0.2, 0.25) is 11.2 Å². The summed E-state index contributed by atoms with van der Waals surface area (Å²) < 4.78 is 4.90. The number of nitro benzene ring substituents is 1. The summed E-state index contributed by atoms with van der Waals surface area (Å²) in [5.41, 5.74) is -0.549. The molecule has 1 aromatic carbocycles. The highest BCUT2D eigenvalue weighted by Gasteiger charge is 2.20. The first-order chi connectivity index (χ1) is 9.00. The van der Waals surface area contributed by atoms with Crippen LogP contribution in [0.25, 0.3) is 0 Å². The van der Waals surface area contributed by atoms with E-state index in [9.17, 15) is 25.1 Å². The normalized spacial score (nSPS) is 12.1. The number of non-ortho nitro benzene ring substituents is 1. The average Bonchev–Trinajstić information content (AvgIpc) is 2.41. The summed E-state index contributed by atoms with van der Waals surface area (Å²) in [5, 5.41) is 30.0. The molecule has 2 rings (SSSR count). The molecule has 19 heavy (non-hydrogen) atoms. The Kier molecular flexibility index (Phi) is 3.30. The highest BCUT2D eigenvalue weighted by Crippen LogP contribution is 2.27. The van der Waals surface area contributed by atoms with Crippen LogP contribution in [0.5, 0.6) is 5.75 Å². The summed E-state index contributed by atoms with van der Waals surface area (Å²) in [7, 11) is 0. The Hall–Kier alpha value is -2.67. The lowest BCUT2D eigenvalue weighted by molar-refractivity contribution is -0.384. The van der Waals surface area contributed by atoms with Gasteiger partial charge >= 0.3 is 0 Å². The summed E-state index contributed by atoms with van der Waals surface area (Å²) in [5.74, 6) is -0.991. The zero-order chi connectivity index (χ0) is 14.0. The average molecular weight is 263 g/mol. The number of aliphatic hydroxyl groups excluding tert-OH is 1. The molecule has 7 nitrogen and oxygen atoms in total. The fraction of sp³-hybridized carbons (Fsp3) is 0.0833. The molecule has 0 saturated heterocycles. The van der Waals surface area contributed by atoms with Crippen molar-refractivity contribution in [2.24, 2.45) is 0 Å². The molecule has 2 N–H and O–H groups in total. The Balaban J connectivity index is 2.38. The third-order valence-electron chi connectivity index (χ3n) is 2.55. The first-order valence-corrected chi connectivity index (χ1v) is 5.24. The molecule has 1 heterocycles. The predicted molar refractivity (Wildman–Crippen MR) is 63.8 cm³/mol. The smallest absolute Gasteiger partial charge is 0.269 e.